The van der Waals surface area contributed by atoms with Gasteiger partial charge in [-0.05, 0) is 42.8 Å². The fraction of sp³-hybridized carbons (Fsp3) is 0.0500. The first-order valence-corrected chi connectivity index (χ1v) is 8.96. The van der Waals surface area contributed by atoms with Crippen LogP contribution in [0, 0.1) is 18.3 Å². The van der Waals surface area contributed by atoms with Crippen LogP contribution in [0.5, 0.6) is 0 Å². The molecule has 27 heavy (non-hydrogen) atoms. The van der Waals surface area contributed by atoms with Crippen LogP contribution in [0.1, 0.15) is 16.0 Å². The molecule has 0 saturated carbocycles. The number of hydrogen-bond acceptors (Lipinski definition) is 5. The molecule has 0 saturated heterocycles. The zero-order valence-electron chi connectivity index (χ0n) is 14.3. The summed E-state index contributed by atoms with van der Waals surface area (Å²) in [5.41, 5.74) is 4.13. The third-order valence-corrected chi connectivity index (χ3v) is 5.36. The normalized spacial score (nSPS) is 11.3. The highest BCUT2D eigenvalue weighted by Gasteiger charge is 2.14. The highest BCUT2D eigenvalue weighted by Crippen LogP contribution is 2.36. The lowest BCUT2D eigenvalue weighted by Gasteiger charge is -2.12. The first-order chi connectivity index (χ1) is 13.1. The molecule has 0 atom stereocenters. The lowest BCUT2D eigenvalue weighted by Crippen LogP contribution is -1.97. The largest absolute Gasteiger partial charge is 0.478 e. The van der Waals surface area contributed by atoms with E-state index in [9.17, 15) is 10.1 Å². The molecule has 7 heteroatoms. The number of carbonyl (C=O) groups is 1. The number of aliphatic carboxylic acids is 1. The molecule has 0 bridgehead atoms. The lowest BCUT2D eigenvalue weighted by molar-refractivity contribution is -0.131. The van der Waals surface area contributed by atoms with Gasteiger partial charge in [-0.15, -0.1) is 11.3 Å². The van der Waals surface area contributed by atoms with Crippen LogP contribution in [0.4, 0.5) is 11.4 Å². The van der Waals surface area contributed by atoms with Crippen molar-refractivity contribution in [2.75, 3.05) is 5.32 Å². The fourth-order valence-corrected chi connectivity index (χ4v) is 3.93. The summed E-state index contributed by atoms with van der Waals surface area (Å²) in [5.74, 6) is -1.01. The number of hydrogen-bond donors (Lipinski definition) is 3. The van der Waals surface area contributed by atoms with Gasteiger partial charge >= 0.3 is 5.97 Å². The Morgan fingerprint density at radius 2 is 2.22 bits per heavy atom. The molecule has 0 aliphatic rings. The second kappa shape index (κ2) is 6.59. The summed E-state index contributed by atoms with van der Waals surface area (Å²) in [6.07, 6.45) is 6.05. The molecule has 4 rings (SSSR count). The average molecular weight is 374 g/mol. The fourth-order valence-electron chi connectivity index (χ4n) is 3.02. The Hall–Kier alpha value is -3.63. The Morgan fingerprint density at radius 3 is 3.00 bits per heavy atom. The minimum absolute atomic E-state index is 0.433. The van der Waals surface area contributed by atoms with Crippen LogP contribution in [0.15, 0.2) is 42.7 Å². The minimum atomic E-state index is -1.01. The van der Waals surface area contributed by atoms with E-state index in [1.165, 1.54) is 23.6 Å². The monoisotopic (exact) mass is 374 g/mol. The summed E-state index contributed by atoms with van der Waals surface area (Å²) in [6.45, 7) is 2.03. The number of H-pyrrole nitrogens is 1. The minimum Gasteiger partial charge on any atom is -0.478 e. The molecule has 0 fully saturated rings. The van der Waals surface area contributed by atoms with Crippen molar-refractivity contribution in [1.29, 1.82) is 5.26 Å². The predicted octanol–water partition coefficient (Wildman–Crippen LogP) is 4.80. The molecule has 0 spiro atoms. The van der Waals surface area contributed by atoms with E-state index in [-0.39, 0.29) is 0 Å². The Kier molecular flexibility index (Phi) is 4.11. The Morgan fingerprint density at radius 1 is 1.37 bits per heavy atom. The maximum Gasteiger partial charge on any atom is 0.328 e. The molecule has 3 aromatic heterocycles. The standard InChI is InChI=1S/C20H14N4O2S/c1-11-14-6-7-22-17(14)4-3-16(11)24-19-12(9-21)10-23-20-15(19)8-13(27-20)2-5-18(25)26/h2-8,10,22H,1H3,(H,23,24)(H,25,26)/b5-2+. The number of rotatable bonds is 4. The first kappa shape index (κ1) is 16.8. The van der Waals surface area contributed by atoms with Gasteiger partial charge in [-0.3, -0.25) is 0 Å². The number of carboxylic acid groups (broad SMARTS) is 1. The van der Waals surface area contributed by atoms with Crippen molar-refractivity contribution in [3.8, 4) is 6.07 Å². The molecular formula is C20H14N4O2S. The maximum absolute atomic E-state index is 10.8. The van der Waals surface area contributed by atoms with Crippen LogP contribution in [0.2, 0.25) is 0 Å². The second-order valence-corrected chi connectivity index (χ2v) is 7.06. The number of pyridine rings is 1. The van der Waals surface area contributed by atoms with E-state index in [2.05, 4.69) is 21.4 Å². The smallest absolute Gasteiger partial charge is 0.328 e. The van der Waals surface area contributed by atoms with Gasteiger partial charge in [0.2, 0.25) is 0 Å². The van der Waals surface area contributed by atoms with E-state index in [1.807, 2.05) is 37.4 Å². The average Bonchev–Trinajstić information content (AvgIpc) is 3.29. The van der Waals surface area contributed by atoms with Crippen LogP contribution in [-0.4, -0.2) is 21.0 Å². The predicted molar refractivity (Wildman–Crippen MR) is 107 cm³/mol. The van der Waals surface area contributed by atoms with Crippen molar-refractivity contribution < 1.29 is 9.90 Å². The van der Waals surface area contributed by atoms with Crippen molar-refractivity contribution in [1.82, 2.24) is 9.97 Å². The summed E-state index contributed by atoms with van der Waals surface area (Å²) in [7, 11) is 0. The lowest BCUT2D eigenvalue weighted by atomic mass is 10.1. The third-order valence-electron chi connectivity index (χ3n) is 4.36. The highest BCUT2D eigenvalue weighted by atomic mass is 32.1. The maximum atomic E-state index is 10.8. The van der Waals surface area contributed by atoms with Gasteiger partial charge in [0.05, 0.1) is 11.3 Å². The van der Waals surface area contributed by atoms with E-state index < -0.39 is 5.97 Å². The number of benzene rings is 1. The zero-order valence-corrected chi connectivity index (χ0v) is 15.1. The van der Waals surface area contributed by atoms with E-state index >= 15 is 0 Å². The number of thiophene rings is 1. The third kappa shape index (κ3) is 3.03. The van der Waals surface area contributed by atoms with Crippen molar-refractivity contribution in [2.45, 2.75) is 6.92 Å². The number of anilines is 2. The van der Waals surface area contributed by atoms with Crippen molar-refractivity contribution >= 4 is 55.9 Å². The Balaban J connectivity index is 1.84. The molecular weight excluding hydrogens is 360 g/mol. The van der Waals surface area contributed by atoms with Crippen molar-refractivity contribution in [3.63, 3.8) is 0 Å². The number of aromatic amines is 1. The number of aromatic nitrogens is 2. The number of aryl methyl sites for hydroxylation is 1. The van der Waals surface area contributed by atoms with E-state index in [0.717, 1.165) is 43.3 Å². The van der Waals surface area contributed by atoms with E-state index in [0.29, 0.717) is 11.3 Å². The van der Waals surface area contributed by atoms with Gasteiger partial charge < -0.3 is 15.4 Å². The number of carboxylic acids is 1. The molecule has 132 valence electrons. The number of fused-ring (bicyclic) bond motifs is 2. The molecule has 0 aliphatic heterocycles. The van der Waals surface area contributed by atoms with Crippen LogP contribution in [0.3, 0.4) is 0 Å². The van der Waals surface area contributed by atoms with Gasteiger partial charge in [0.25, 0.3) is 0 Å². The van der Waals surface area contributed by atoms with Crippen molar-refractivity contribution in [3.05, 3.63) is 58.7 Å². The number of nitriles is 1. The molecule has 3 heterocycles. The van der Waals surface area contributed by atoms with Gasteiger partial charge in [0.1, 0.15) is 10.9 Å². The van der Waals surface area contributed by atoms with Gasteiger partial charge in [0.15, 0.2) is 0 Å². The van der Waals surface area contributed by atoms with Crippen LogP contribution < -0.4 is 5.32 Å². The number of nitrogens with one attached hydrogen (secondary N) is 2. The first-order valence-electron chi connectivity index (χ1n) is 8.14. The quantitative estimate of drug-likeness (QED) is 0.445. The molecule has 3 N–H and O–H groups in total. The summed E-state index contributed by atoms with van der Waals surface area (Å²) < 4.78 is 0. The highest BCUT2D eigenvalue weighted by molar-refractivity contribution is 7.19. The molecule has 0 aliphatic carbocycles. The molecule has 1 aromatic carbocycles. The van der Waals surface area contributed by atoms with Crippen LogP contribution in [0.25, 0.3) is 27.2 Å². The van der Waals surface area contributed by atoms with Crippen LogP contribution >= 0.6 is 11.3 Å². The molecule has 0 radical (unpaired) electrons. The van der Waals surface area contributed by atoms with E-state index in [1.54, 1.807) is 0 Å². The molecule has 6 nitrogen and oxygen atoms in total. The Labute approximate surface area is 158 Å². The topological polar surface area (TPSA) is 102 Å². The Bertz CT molecular complexity index is 1260. The van der Waals surface area contributed by atoms with Gasteiger partial charge in [-0.2, -0.15) is 5.26 Å². The van der Waals surface area contributed by atoms with Gasteiger partial charge in [0, 0.05) is 45.3 Å². The molecule has 0 unspecified atom stereocenters. The van der Waals surface area contributed by atoms with E-state index in [4.69, 9.17) is 5.11 Å². The SMILES string of the molecule is Cc1c(Nc2c(C#N)cnc3sc(/C=C/C(=O)O)cc23)ccc2[nH]ccc12. The summed E-state index contributed by atoms with van der Waals surface area (Å²) in [4.78, 5) is 19.8. The molecule has 4 aromatic rings. The van der Waals surface area contributed by atoms with Crippen molar-refractivity contribution in [2.24, 2.45) is 0 Å². The van der Waals surface area contributed by atoms with Gasteiger partial charge in [-0.25, -0.2) is 9.78 Å². The van der Waals surface area contributed by atoms with Gasteiger partial charge in [-0.1, -0.05) is 0 Å². The summed E-state index contributed by atoms with van der Waals surface area (Å²) in [6, 6.07) is 10.0. The summed E-state index contributed by atoms with van der Waals surface area (Å²) in [5, 5.41) is 23.6. The van der Waals surface area contributed by atoms with Crippen LogP contribution in [-0.2, 0) is 4.79 Å². The second-order valence-electron chi connectivity index (χ2n) is 6.00. The summed E-state index contributed by atoms with van der Waals surface area (Å²) >= 11 is 1.38. The molecule has 0 amide bonds. The zero-order chi connectivity index (χ0) is 19.0. The number of nitrogens with zero attached hydrogens (tertiary/aromatic N) is 2.